The fourth-order valence-electron chi connectivity index (χ4n) is 3.65. The van der Waals surface area contributed by atoms with Crippen LogP contribution in [0.2, 0.25) is 0 Å². The average Bonchev–Trinajstić information content (AvgIpc) is 3.22. The summed E-state index contributed by atoms with van der Waals surface area (Å²) in [5.41, 5.74) is 4.49. The highest BCUT2D eigenvalue weighted by Gasteiger charge is 2.34. The molecule has 0 aliphatic carbocycles. The van der Waals surface area contributed by atoms with Gasteiger partial charge in [0.1, 0.15) is 0 Å². The third kappa shape index (κ3) is 3.83. The fraction of sp³-hybridized carbons (Fsp3) is 0.167. The number of aryl methyl sites for hydroxylation is 1. The molecule has 3 aromatic rings. The number of thioether (sulfide) groups is 1. The minimum Gasteiger partial charge on any atom is -0.342 e. The summed E-state index contributed by atoms with van der Waals surface area (Å²) in [5.74, 6) is 2.04. The second kappa shape index (κ2) is 8.55. The van der Waals surface area contributed by atoms with Crippen molar-refractivity contribution in [2.45, 2.75) is 19.9 Å². The number of carbonyl (C=O) groups excluding carboxylic acids is 2. The first kappa shape index (κ1) is 20.5. The van der Waals surface area contributed by atoms with E-state index in [4.69, 9.17) is 6.42 Å². The lowest BCUT2D eigenvalue weighted by Gasteiger charge is -2.09. The van der Waals surface area contributed by atoms with E-state index in [0.717, 1.165) is 44.0 Å². The third-order valence-electron chi connectivity index (χ3n) is 5.07. The van der Waals surface area contributed by atoms with Gasteiger partial charge in [-0.25, -0.2) is 0 Å². The summed E-state index contributed by atoms with van der Waals surface area (Å²) < 4.78 is 3.26. The number of aromatic nitrogens is 1. The Balaban J connectivity index is 1.80. The Morgan fingerprint density at radius 3 is 2.63 bits per heavy atom. The number of halogens is 1. The molecular formula is C24H19BrN2O2S. The number of benzene rings is 2. The summed E-state index contributed by atoms with van der Waals surface area (Å²) in [4.78, 5) is 26.3. The van der Waals surface area contributed by atoms with Gasteiger partial charge < -0.3 is 4.57 Å². The van der Waals surface area contributed by atoms with Gasteiger partial charge in [-0.3, -0.25) is 14.5 Å². The minimum atomic E-state index is -0.330. The van der Waals surface area contributed by atoms with Crippen LogP contribution in [-0.2, 0) is 17.8 Å². The van der Waals surface area contributed by atoms with Crippen LogP contribution < -0.4 is 0 Å². The van der Waals surface area contributed by atoms with Gasteiger partial charge in [-0.1, -0.05) is 59.1 Å². The molecule has 1 aromatic heterocycles. The first-order valence-corrected chi connectivity index (χ1v) is 11.2. The molecule has 0 spiro atoms. The zero-order valence-corrected chi connectivity index (χ0v) is 18.8. The van der Waals surface area contributed by atoms with Crippen LogP contribution >= 0.6 is 27.7 Å². The molecule has 1 saturated heterocycles. The van der Waals surface area contributed by atoms with E-state index in [-0.39, 0.29) is 17.7 Å². The number of fused-ring (bicyclic) bond motifs is 1. The Kier molecular flexibility index (Phi) is 5.85. The van der Waals surface area contributed by atoms with Gasteiger partial charge in [0.25, 0.3) is 11.1 Å². The summed E-state index contributed by atoms with van der Waals surface area (Å²) in [5, 5.41) is 0.743. The normalized spacial score (nSPS) is 15.4. The lowest BCUT2D eigenvalue weighted by atomic mass is 10.1. The van der Waals surface area contributed by atoms with Crippen molar-refractivity contribution in [3.63, 3.8) is 0 Å². The summed E-state index contributed by atoms with van der Waals surface area (Å²) in [6.45, 7) is 2.84. The van der Waals surface area contributed by atoms with Crippen LogP contribution in [0.3, 0.4) is 0 Å². The van der Waals surface area contributed by atoms with Crippen molar-refractivity contribution >= 4 is 55.8 Å². The number of imide groups is 1. The summed E-state index contributed by atoms with van der Waals surface area (Å²) in [6, 6.07) is 14.5. The first-order valence-electron chi connectivity index (χ1n) is 9.55. The molecule has 0 bridgehead atoms. The fourth-order valence-corrected chi connectivity index (χ4v) is 4.74. The zero-order valence-electron chi connectivity index (χ0n) is 16.4. The molecule has 0 saturated carbocycles. The molecule has 4 nitrogen and oxygen atoms in total. The predicted octanol–water partition coefficient (Wildman–Crippen LogP) is 5.68. The molecule has 0 atom stereocenters. The molecule has 0 N–H and O–H groups in total. The Morgan fingerprint density at radius 1 is 1.17 bits per heavy atom. The highest BCUT2D eigenvalue weighted by molar-refractivity contribution is 9.10. The molecule has 0 unspecified atom stereocenters. The maximum atomic E-state index is 12.6. The van der Waals surface area contributed by atoms with Crippen molar-refractivity contribution < 1.29 is 9.59 Å². The van der Waals surface area contributed by atoms with E-state index in [1.54, 1.807) is 6.08 Å². The smallest absolute Gasteiger partial charge is 0.294 e. The Hall–Kier alpha value is -2.75. The highest BCUT2D eigenvalue weighted by atomic mass is 79.9. The van der Waals surface area contributed by atoms with Gasteiger partial charge >= 0.3 is 0 Å². The van der Waals surface area contributed by atoms with Crippen LogP contribution in [0.1, 0.15) is 23.6 Å². The van der Waals surface area contributed by atoms with Crippen molar-refractivity contribution in [3.8, 4) is 12.3 Å². The van der Waals surface area contributed by atoms with Crippen LogP contribution in [0.25, 0.3) is 17.0 Å². The molecule has 6 heteroatoms. The quantitative estimate of drug-likeness (QED) is 0.349. The molecule has 150 valence electrons. The van der Waals surface area contributed by atoms with Crippen LogP contribution in [0.15, 0.2) is 58.0 Å². The third-order valence-corrected chi connectivity index (χ3v) is 6.51. The molecular weight excluding hydrogens is 460 g/mol. The van der Waals surface area contributed by atoms with Crippen LogP contribution in [0.5, 0.6) is 0 Å². The van der Waals surface area contributed by atoms with Gasteiger partial charge in [-0.05, 0) is 47.5 Å². The molecule has 1 aliphatic rings. The molecule has 4 rings (SSSR count). The van der Waals surface area contributed by atoms with E-state index in [9.17, 15) is 9.59 Å². The van der Waals surface area contributed by atoms with E-state index in [1.807, 2.05) is 18.2 Å². The average molecular weight is 479 g/mol. The second-order valence-corrected chi connectivity index (χ2v) is 8.89. The van der Waals surface area contributed by atoms with E-state index in [2.05, 4.69) is 63.8 Å². The predicted molar refractivity (Wildman–Crippen MR) is 126 cm³/mol. The number of hydrogen-bond acceptors (Lipinski definition) is 3. The maximum absolute atomic E-state index is 12.6. The number of amides is 2. The van der Waals surface area contributed by atoms with E-state index >= 15 is 0 Å². The van der Waals surface area contributed by atoms with Crippen molar-refractivity contribution in [1.29, 1.82) is 0 Å². The van der Waals surface area contributed by atoms with Gasteiger partial charge in [0.15, 0.2) is 0 Å². The Morgan fingerprint density at radius 2 is 1.93 bits per heavy atom. The standard InChI is InChI=1S/C24H19BrN2O2S/c1-3-12-27-23(28)21(30-24(27)29)13-18-15-26(14-16-8-10-19(25)11-9-16)22-17(4-2)6-5-7-20(18)22/h1,5-11,13,15H,4,12,14H2,2H3/b21-13-. The summed E-state index contributed by atoms with van der Waals surface area (Å²) in [7, 11) is 0. The van der Waals surface area contributed by atoms with E-state index in [1.165, 1.54) is 11.1 Å². The minimum absolute atomic E-state index is 0.00663. The van der Waals surface area contributed by atoms with E-state index < -0.39 is 0 Å². The van der Waals surface area contributed by atoms with Gasteiger partial charge in [-0.15, -0.1) is 6.42 Å². The van der Waals surface area contributed by atoms with Crippen molar-refractivity contribution in [2.24, 2.45) is 0 Å². The molecule has 30 heavy (non-hydrogen) atoms. The molecule has 1 aliphatic heterocycles. The Bertz CT molecular complexity index is 1220. The number of rotatable bonds is 5. The Labute approximate surface area is 188 Å². The second-order valence-electron chi connectivity index (χ2n) is 6.98. The highest BCUT2D eigenvalue weighted by Crippen LogP contribution is 2.35. The monoisotopic (exact) mass is 478 g/mol. The first-order chi connectivity index (χ1) is 14.5. The molecule has 2 amide bonds. The van der Waals surface area contributed by atoms with Gasteiger partial charge in [-0.2, -0.15) is 0 Å². The number of nitrogens with zero attached hydrogens (tertiary/aromatic N) is 2. The number of terminal acetylenes is 1. The number of carbonyl (C=O) groups is 2. The molecule has 2 heterocycles. The van der Waals surface area contributed by atoms with Crippen molar-refractivity contribution in [3.05, 3.63) is 74.7 Å². The summed E-state index contributed by atoms with van der Waals surface area (Å²) in [6.07, 6.45) is 10.1. The molecule has 1 fully saturated rings. The van der Waals surface area contributed by atoms with Gasteiger partial charge in [0.2, 0.25) is 0 Å². The lowest BCUT2D eigenvalue weighted by molar-refractivity contribution is -0.122. The van der Waals surface area contributed by atoms with Crippen LogP contribution in [-0.4, -0.2) is 27.2 Å². The van der Waals surface area contributed by atoms with Crippen LogP contribution in [0, 0.1) is 12.3 Å². The maximum Gasteiger partial charge on any atom is 0.294 e. The van der Waals surface area contributed by atoms with Crippen LogP contribution in [0.4, 0.5) is 4.79 Å². The lowest BCUT2D eigenvalue weighted by Crippen LogP contribution is -2.28. The van der Waals surface area contributed by atoms with Crippen molar-refractivity contribution in [2.75, 3.05) is 6.54 Å². The number of hydrogen-bond donors (Lipinski definition) is 0. The van der Waals surface area contributed by atoms with Gasteiger partial charge in [0.05, 0.1) is 17.0 Å². The molecule has 2 aromatic carbocycles. The SMILES string of the molecule is C#CCN1C(=O)S/C(=C\c2cn(Cc3ccc(Br)cc3)c3c(CC)cccc23)C1=O. The van der Waals surface area contributed by atoms with Crippen molar-refractivity contribution in [1.82, 2.24) is 9.47 Å². The largest absolute Gasteiger partial charge is 0.342 e. The topological polar surface area (TPSA) is 42.3 Å². The molecule has 0 radical (unpaired) electrons. The summed E-state index contributed by atoms with van der Waals surface area (Å²) >= 11 is 4.42. The van der Waals surface area contributed by atoms with E-state index in [0.29, 0.717) is 11.4 Å². The van der Waals surface area contributed by atoms with Gasteiger partial charge in [0, 0.05) is 28.2 Å². The number of para-hydroxylation sites is 1. The zero-order chi connectivity index (χ0) is 21.3.